The Kier molecular flexibility index (Phi) is 30.8. The number of hydrogen-bond donors (Lipinski definition) is 0. The van der Waals surface area contributed by atoms with E-state index in [9.17, 15) is 0 Å². The van der Waals surface area contributed by atoms with Crippen LogP contribution >= 0.6 is 63.7 Å². The molecular weight excluding hydrogens is 1450 g/mol. The molecule has 2 aliphatic rings. The van der Waals surface area contributed by atoms with Crippen LogP contribution in [0.3, 0.4) is 0 Å². The molecule has 0 heterocycles. The molecule has 6 nitrogen and oxygen atoms in total. The quantitative estimate of drug-likeness (QED) is 0.0281. The fourth-order valence-corrected chi connectivity index (χ4v) is 14.1. The molecule has 0 atom stereocenters. The molecule has 0 bridgehead atoms. The number of unbranched alkanes of at least 4 members (excludes halogenated alkanes) is 18. The summed E-state index contributed by atoms with van der Waals surface area (Å²) in [5.41, 5.74) is 17.7. The van der Waals surface area contributed by atoms with Gasteiger partial charge in [-0.2, -0.15) is 0 Å². The summed E-state index contributed by atoms with van der Waals surface area (Å²) in [5, 5.41) is 0. The van der Waals surface area contributed by atoms with Crippen molar-refractivity contribution in [3.8, 4) is 56.8 Å². The minimum atomic E-state index is 0.598. The van der Waals surface area contributed by atoms with Gasteiger partial charge in [0.05, 0.1) is 39.6 Å². The lowest BCUT2D eigenvalue weighted by atomic mass is 9.98. The van der Waals surface area contributed by atoms with Gasteiger partial charge in [-0.25, -0.2) is 0 Å². The van der Waals surface area contributed by atoms with E-state index in [2.05, 4.69) is 251 Å². The van der Waals surface area contributed by atoms with Crippen molar-refractivity contribution in [2.75, 3.05) is 39.6 Å². The molecule has 0 spiro atoms. The fraction of sp³-hybridized carbons (Fsp3) is 0.419. The summed E-state index contributed by atoms with van der Waals surface area (Å²) in [6.45, 7) is 17.2. The first kappa shape index (κ1) is 74.4. The summed E-state index contributed by atoms with van der Waals surface area (Å²) >= 11 is 15.3. The van der Waals surface area contributed by atoms with E-state index in [4.69, 9.17) is 28.4 Å². The smallest absolute Gasteiger partial charge is 0.127 e. The lowest BCUT2D eigenvalue weighted by Gasteiger charge is -2.18. The van der Waals surface area contributed by atoms with E-state index in [0.717, 1.165) is 212 Å². The highest BCUT2D eigenvalue weighted by Crippen LogP contribution is 2.50. The molecule has 2 aliphatic carbocycles. The minimum absolute atomic E-state index is 0.598. The number of halogens is 4. The zero-order valence-corrected chi connectivity index (χ0v) is 64.4. The zero-order valence-electron chi connectivity index (χ0n) is 58.0. The van der Waals surface area contributed by atoms with E-state index in [-0.39, 0.29) is 0 Å². The Morgan fingerprint density at radius 3 is 0.635 bits per heavy atom. The Bertz CT molecular complexity index is 3430. The summed E-state index contributed by atoms with van der Waals surface area (Å²) in [7, 11) is 0. The van der Waals surface area contributed by atoms with Crippen molar-refractivity contribution in [3.05, 3.63) is 183 Å². The van der Waals surface area contributed by atoms with Gasteiger partial charge >= 0.3 is 0 Å². The van der Waals surface area contributed by atoms with Gasteiger partial charge in [-0.05, 0) is 191 Å². The summed E-state index contributed by atoms with van der Waals surface area (Å²) in [4.78, 5) is 0. The normalized spacial score (nSPS) is 12.1. The monoisotopic (exact) mass is 1550 g/mol. The Labute approximate surface area is 609 Å². The van der Waals surface area contributed by atoms with Crippen LogP contribution in [0.1, 0.15) is 251 Å². The number of rotatable bonds is 42. The average molecular weight is 1550 g/mol. The highest BCUT2D eigenvalue weighted by atomic mass is 79.9. The van der Waals surface area contributed by atoms with Gasteiger partial charge < -0.3 is 28.4 Å². The van der Waals surface area contributed by atoms with Crippen LogP contribution in [0.25, 0.3) is 69.9 Å². The van der Waals surface area contributed by atoms with Gasteiger partial charge in [0.1, 0.15) is 34.5 Å². The SMILES string of the molecule is CCCCCCOc1cc(/C=C/c2cc(OCCCCCC)c(/C=C/c3cc(OCCCCCC)c(C=C4c5cc(Br)ccc5-c5ccc(Br)cc54)cc3OCCCCCC)cc2OCCCCCC)c(OCCCCCC)cc1C=C1c2cc(Br)ccc2-c2ccc(Br)cc21. The highest BCUT2D eigenvalue weighted by molar-refractivity contribution is 9.11. The first-order chi connectivity index (χ1) is 47.0. The van der Waals surface area contributed by atoms with E-state index < -0.39 is 0 Å². The standard InChI is InChI=1S/C86H102Br4O6/c1-7-13-19-25-43-91-81-51-62(32-34-64-54-86(96-48-30-24-18-12-6)66(56-84(64)94-46-28-22-16-10-4)50-76-79-59-69(89)37-41-73(79)74-42-38-70(90)60-80(74)76)82(92-44-26-20-14-8-2)52-61(81)31-33-63-53-85(95-47-29-23-17-11-5)65(55-83(63)93-45-27-21-15-9-3)49-75-77-57-67(87)35-39-71(77)72-40-36-68(88)58-78(72)75/h31-42,49-60H,7-30,43-48H2,1-6H3/b33-31+,34-32+. The molecular formula is C86H102Br4O6. The molecule has 96 heavy (non-hydrogen) atoms. The van der Waals surface area contributed by atoms with E-state index >= 15 is 0 Å². The Hall–Kier alpha value is -5.78. The molecule has 0 radical (unpaired) electrons. The molecule has 9 rings (SSSR count). The summed E-state index contributed by atoms with van der Waals surface area (Å²) in [5.74, 6) is 4.89. The van der Waals surface area contributed by atoms with E-state index in [1.165, 1.54) is 83.0 Å². The van der Waals surface area contributed by atoms with E-state index in [0.29, 0.717) is 39.6 Å². The summed E-state index contributed by atoms with van der Waals surface area (Å²) < 4.78 is 45.8. The molecule has 0 amide bonds. The summed E-state index contributed by atoms with van der Waals surface area (Å²) in [6.07, 6.45) is 39.9. The van der Waals surface area contributed by atoms with Gasteiger partial charge in [0.15, 0.2) is 0 Å². The first-order valence-corrected chi connectivity index (χ1v) is 39.5. The second-order valence-corrected chi connectivity index (χ2v) is 29.4. The lowest BCUT2D eigenvalue weighted by molar-refractivity contribution is 0.295. The van der Waals surface area contributed by atoms with Crippen molar-refractivity contribution in [1.29, 1.82) is 0 Å². The van der Waals surface area contributed by atoms with Gasteiger partial charge in [-0.1, -0.05) is 269 Å². The molecule has 0 aromatic heterocycles. The first-order valence-electron chi connectivity index (χ1n) is 36.3. The number of ether oxygens (including phenoxy) is 6. The van der Waals surface area contributed by atoms with E-state index in [1.54, 1.807) is 0 Å². The van der Waals surface area contributed by atoms with Crippen LogP contribution in [-0.4, -0.2) is 39.6 Å². The molecule has 0 N–H and O–H groups in total. The molecule has 0 saturated heterocycles. The third-order valence-electron chi connectivity index (χ3n) is 18.1. The maximum Gasteiger partial charge on any atom is 0.127 e. The van der Waals surface area contributed by atoms with Crippen molar-refractivity contribution in [2.45, 2.75) is 196 Å². The molecule has 7 aromatic carbocycles. The predicted octanol–water partition coefficient (Wildman–Crippen LogP) is 28.0. The van der Waals surface area contributed by atoms with Crippen molar-refractivity contribution >= 4 is 111 Å². The number of hydrogen-bond acceptors (Lipinski definition) is 6. The number of benzene rings is 7. The lowest BCUT2D eigenvalue weighted by Crippen LogP contribution is -2.04. The van der Waals surface area contributed by atoms with Crippen LogP contribution in [-0.2, 0) is 0 Å². The van der Waals surface area contributed by atoms with Crippen LogP contribution in [0.15, 0.2) is 127 Å². The third-order valence-corrected chi connectivity index (χ3v) is 20.1. The van der Waals surface area contributed by atoms with Crippen LogP contribution in [0.2, 0.25) is 0 Å². The van der Waals surface area contributed by atoms with Crippen LogP contribution in [0, 0.1) is 0 Å². The predicted molar refractivity (Wildman–Crippen MR) is 424 cm³/mol. The molecule has 7 aromatic rings. The van der Waals surface area contributed by atoms with E-state index in [1.807, 2.05) is 0 Å². The van der Waals surface area contributed by atoms with Crippen molar-refractivity contribution in [3.63, 3.8) is 0 Å². The summed E-state index contributed by atoms with van der Waals surface area (Å²) in [6, 6.07) is 39.6. The molecule has 10 heteroatoms. The van der Waals surface area contributed by atoms with Gasteiger partial charge in [-0.15, -0.1) is 0 Å². The molecule has 0 aliphatic heterocycles. The van der Waals surface area contributed by atoms with Crippen LogP contribution < -0.4 is 28.4 Å². The Morgan fingerprint density at radius 2 is 0.427 bits per heavy atom. The molecule has 510 valence electrons. The molecule has 0 saturated carbocycles. The van der Waals surface area contributed by atoms with Crippen molar-refractivity contribution in [1.82, 2.24) is 0 Å². The number of fused-ring (bicyclic) bond motifs is 6. The fourth-order valence-electron chi connectivity index (χ4n) is 12.7. The Morgan fingerprint density at radius 1 is 0.229 bits per heavy atom. The largest absolute Gasteiger partial charge is 0.493 e. The third kappa shape index (κ3) is 21.1. The minimum Gasteiger partial charge on any atom is -0.493 e. The van der Waals surface area contributed by atoms with Crippen LogP contribution in [0.5, 0.6) is 34.5 Å². The Balaban J connectivity index is 1.17. The van der Waals surface area contributed by atoms with Gasteiger partial charge in [-0.3, -0.25) is 0 Å². The van der Waals surface area contributed by atoms with Crippen molar-refractivity contribution < 1.29 is 28.4 Å². The maximum absolute atomic E-state index is 6.96. The van der Waals surface area contributed by atoms with Crippen molar-refractivity contribution in [2.24, 2.45) is 0 Å². The topological polar surface area (TPSA) is 55.4 Å². The second kappa shape index (κ2) is 39.7. The van der Waals surface area contributed by atoms with Gasteiger partial charge in [0, 0.05) is 51.3 Å². The zero-order chi connectivity index (χ0) is 67.4. The highest BCUT2D eigenvalue weighted by Gasteiger charge is 2.27. The van der Waals surface area contributed by atoms with Gasteiger partial charge in [0.2, 0.25) is 0 Å². The van der Waals surface area contributed by atoms with Gasteiger partial charge in [0.25, 0.3) is 0 Å². The second-order valence-electron chi connectivity index (χ2n) is 25.8. The molecule has 0 unspecified atom stereocenters. The molecule has 0 fully saturated rings. The average Bonchev–Trinajstić information content (AvgIpc) is 1.60. The van der Waals surface area contributed by atoms with Crippen LogP contribution in [0.4, 0.5) is 0 Å². The maximum atomic E-state index is 6.96.